The van der Waals surface area contributed by atoms with Gasteiger partial charge in [-0.25, -0.2) is 0 Å². The largest absolute Gasteiger partial charge is 0.374 e. The smallest absolute Gasteiger partial charge is 0.0648 e. The van der Waals surface area contributed by atoms with Gasteiger partial charge in [0.15, 0.2) is 0 Å². The zero-order valence-corrected chi connectivity index (χ0v) is 16.1. The van der Waals surface area contributed by atoms with Crippen LogP contribution in [0.2, 0.25) is 0 Å². The van der Waals surface area contributed by atoms with Gasteiger partial charge in [-0.3, -0.25) is 0 Å². The summed E-state index contributed by atoms with van der Waals surface area (Å²) in [6.45, 7) is 6.60. The molecule has 0 aromatic heterocycles. The van der Waals surface area contributed by atoms with Crippen LogP contribution in [0.25, 0.3) is 0 Å². The Labute approximate surface area is 150 Å². The third-order valence-electron chi connectivity index (χ3n) is 6.41. The van der Waals surface area contributed by atoms with Crippen LogP contribution in [0.3, 0.4) is 0 Å². The minimum Gasteiger partial charge on any atom is -0.374 e. The fraction of sp³-hybridized carbons (Fsp3) is 0.826. The number of allylic oxidation sites excluding steroid dienone is 2. The fourth-order valence-corrected chi connectivity index (χ4v) is 4.76. The lowest BCUT2D eigenvalue weighted by molar-refractivity contribution is 0.0326. The van der Waals surface area contributed by atoms with Crippen LogP contribution in [0.1, 0.15) is 90.4 Å². The van der Waals surface area contributed by atoms with Crippen LogP contribution in [-0.2, 0) is 4.74 Å². The third kappa shape index (κ3) is 7.55. The van der Waals surface area contributed by atoms with Crippen molar-refractivity contribution in [3.05, 3.63) is 24.8 Å². The molecule has 2 aliphatic rings. The van der Waals surface area contributed by atoms with Gasteiger partial charge >= 0.3 is 0 Å². The molecule has 0 bridgehead atoms. The number of hydrogen-bond acceptors (Lipinski definition) is 1. The van der Waals surface area contributed by atoms with Gasteiger partial charge in [-0.1, -0.05) is 63.2 Å². The molecule has 2 fully saturated rings. The second kappa shape index (κ2) is 11.9. The summed E-state index contributed by atoms with van der Waals surface area (Å²) in [6, 6.07) is 0. The van der Waals surface area contributed by atoms with Crippen molar-refractivity contribution in [2.75, 3.05) is 6.61 Å². The average Bonchev–Trinajstić information content (AvgIpc) is 2.64. The molecule has 138 valence electrons. The van der Waals surface area contributed by atoms with Crippen molar-refractivity contribution in [2.24, 2.45) is 17.8 Å². The van der Waals surface area contributed by atoms with Gasteiger partial charge in [-0.05, 0) is 63.2 Å². The molecule has 1 heteroatoms. The Morgan fingerprint density at radius 2 is 1.38 bits per heavy atom. The van der Waals surface area contributed by atoms with Crippen LogP contribution >= 0.6 is 0 Å². The van der Waals surface area contributed by atoms with Crippen LogP contribution in [0.4, 0.5) is 0 Å². The van der Waals surface area contributed by atoms with Gasteiger partial charge in [0.1, 0.15) is 0 Å². The zero-order valence-electron chi connectivity index (χ0n) is 16.1. The molecule has 0 aromatic carbocycles. The molecule has 0 N–H and O–H groups in total. The maximum atomic E-state index is 5.81. The van der Waals surface area contributed by atoms with Gasteiger partial charge in [0.2, 0.25) is 0 Å². The highest BCUT2D eigenvalue weighted by Gasteiger charge is 2.24. The standard InChI is InChI=1S/C23H40O/c1-3-5-6-7-8-20-9-11-21(12-10-20)13-14-22-15-17-23(18-16-22)24-19-4-2/h3-5,20-23H,2,6-19H2,1H3/b5-3-. The van der Waals surface area contributed by atoms with Gasteiger partial charge in [0.25, 0.3) is 0 Å². The van der Waals surface area contributed by atoms with E-state index in [1.54, 1.807) is 0 Å². The normalized spacial score (nSPS) is 31.4. The summed E-state index contributed by atoms with van der Waals surface area (Å²) in [5.74, 6) is 3.04. The molecule has 0 atom stereocenters. The lowest BCUT2D eigenvalue weighted by Crippen LogP contribution is -2.22. The van der Waals surface area contributed by atoms with Crippen molar-refractivity contribution in [1.82, 2.24) is 0 Å². The first-order valence-electron chi connectivity index (χ1n) is 10.7. The minimum atomic E-state index is 0.511. The number of rotatable bonds is 10. The summed E-state index contributed by atoms with van der Waals surface area (Å²) in [7, 11) is 0. The summed E-state index contributed by atoms with van der Waals surface area (Å²) in [5.41, 5.74) is 0. The first-order chi connectivity index (χ1) is 11.8. The van der Waals surface area contributed by atoms with Crippen molar-refractivity contribution in [3.63, 3.8) is 0 Å². The second-order valence-corrected chi connectivity index (χ2v) is 8.23. The maximum Gasteiger partial charge on any atom is 0.0648 e. The molecule has 2 aliphatic carbocycles. The lowest BCUT2D eigenvalue weighted by atomic mass is 9.76. The number of unbranched alkanes of at least 4 members (excludes halogenated alkanes) is 1. The molecule has 0 saturated heterocycles. The van der Waals surface area contributed by atoms with E-state index in [1.807, 2.05) is 6.08 Å². The summed E-state index contributed by atoms with van der Waals surface area (Å²) in [5, 5.41) is 0. The van der Waals surface area contributed by atoms with E-state index in [2.05, 4.69) is 25.7 Å². The van der Waals surface area contributed by atoms with Gasteiger partial charge in [0.05, 0.1) is 12.7 Å². The Kier molecular flexibility index (Phi) is 9.80. The molecular weight excluding hydrogens is 292 g/mol. The average molecular weight is 333 g/mol. The summed E-state index contributed by atoms with van der Waals surface area (Å²) < 4.78 is 5.81. The fourth-order valence-electron chi connectivity index (χ4n) is 4.76. The minimum absolute atomic E-state index is 0.511. The van der Waals surface area contributed by atoms with Gasteiger partial charge in [-0.2, -0.15) is 0 Å². The van der Waals surface area contributed by atoms with Crippen molar-refractivity contribution < 1.29 is 4.74 Å². The predicted octanol–water partition coefficient (Wildman–Crippen LogP) is 7.08. The van der Waals surface area contributed by atoms with E-state index < -0.39 is 0 Å². The molecule has 2 saturated carbocycles. The van der Waals surface area contributed by atoms with E-state index in [9.17, 15) is 0 Å². The molecule has 0 aliphatic heterocycles. The predicted molar refractivity (Wildman–Crippen MR) is 105 cm³/mol. The van der Waals surface area contributed by atoms with E-state index in [4.69, 9.17) is 4.74 Å². The van der Waals surface area contributed by atoms with E-state index in [0.717, 1.165) is 24.4 Å². The van der Waals surface area contributed by atoms with Crippen LogP contribution in [0.5, 0.6) is 0 Å². The number of ether oxygens (including phenoxy) is 1. The monoisotopic (exact) mass is 332 g/mol. The molecule has 0 heterocycles. The maximum absolute atomic E-state index is 5.81. The molecule has 0 aromatic rings. The first-order valence-corrected chi connectivity index (χ1v) is 10.7. The van der Waals surface area contributed by atoms with Gasteiger partial charge < -0.3 is 4.74 Å². The first kappa shape index (κ1) is 19.8. The summed E-state index contributed by atoms with van der Waals surface area (Å²) in [6.07, 6.45) is 25.4. The Balaban J connectivity index is 1.51. The Morgan fingerprint density at radius 1 is 0.833 bits per heavy atom. The molecular formula is C23H40O. The van der Waals surface area contributed by atoms with Gasteiger partial charge in [-0.15, -0.1) is 6.58 Å². The molecule has 0 spiro atoms. The van der Waals surface area contributed by atoms with Crippen LogP contribution in [0, 0.1) is 17.8 Å². The van der Waals surface area contributed by atoms with Crippen molar-refractivity contribution >= 4 is 0 Å². The summed E-state index contributed by atoms with van der Waals surface area (Å²) >= 11 is 0. The van der Waals surface area contributed by atoms with E-state index >= 15 is 0 Å². The highest BCUT2D eigenvalue weighted by atomic mass is 16.5. The molecule has 0 amide bonds. The number of hydrogen-bond donors (Lipinski definition) is 0. The summed E-state index contributed by atoms with van der Waals surface area (Å²) in [4.78, 5) is 0. The quantitative estimate of drug-likeness (QED) is 0.307. The Morgan fingerprint density at radius 3 is 1.92 bits per heavy atom. The highest BCUT2D eigenvalue weighted by Crippen LogP contribution is 2.37. The van der Waals surface area contributed by atoms with E-state index in [0.29, 0.717) is 6.10 Å². The lowest BCUT2D eigenvalue weighted by Gasteiger charge is -2.32. The molecule has 24 heavy (non-hydrogen) atoms. The topological polar surface area (TPSA) is 9.23 Å². The highest BCUT2D eigenvalue weighted by molar-refractivity contribution is 4.80. The van der Waals surface area contributed by atoms with Crippen molar-refractivity contribution in [2.45, 2.75) is 96.5 Å². The molecule has 1 nitrogen and oxygen atoms in total. The van der Waals surface area contributed by atoms with E-state index in [-0.39, 0.29) is 0 Å². The second-order valence-electron chi connectivity index (χ2n) is 8.23. The van der Waals surface area contributed by atoms with Crippen molar-refractivity contribution in [3.8, 4) is 0 Å². The Hall–Kier alpha value is -0.560. The Bertz CT molecular complexity index is 343. The van der Waals surface area contributed by atoms with E-state index in [1.165, 1.54) is 83.5 Å². The third-order valence-corrected chi connectivity index (χ3v) is 6.41. The molecule has 0 radical (unpaired) electrons. The van der Waals surface area contributed by atoms with Crippen LogP contribution < -0.4 is 0 Å². The molecule has 2 rings (SSSR count). The van der Waals surface area contributed by atoms with Gasteiger partial charge in [0, 0.05) is 0 Å². The van der Waals surface area contributed by atoms with Crippen molar-refractivity contribution in [1.29, 1.82) is 0 Å². The SMILES string of the molecule is C=CCOC1CCC(CCC2CCC(CCC/C=C\C)CC2)CC1. The molecule has 0 unspecified atom stereocenters. The zero-order chi connectivity index (χ0) is 17.0. The van der Waals surface area contributed by atoms with Crippen LogP contribution in [0.15, 0.2) is 24.8 Å². The van der Waals surface area contributed by atoms with Crippen LogP contribution in [-0.4, -0.2) is 12.7 Å².